The number of pyridine rings is 1. The number of hydrogen-bond acceptors (Lipinski definition) is 5. The number of rotatable bonds is 3. The number of amides is 1. The predicted molar refractivity (Wildman–Crippen MR) is 107 cm³/mol. The Morgan fingerprint density at radius 1 is 1.34 bits per heavy atom. The van der Waals surface area contributed by atoms with Crippen LogP contribution in [0.15, 0.2) is 12.3 Å². The molecule has 0 spiro atoms. The summed E-state index contributed by atoms with van der Waals surface area (Å²) in [5, 5.41) is 34.0. The van der Waals surface area contributed by atoms with Crippen molar-refractivity contribution in [1.29, 1.82) is 5.26 Å². The Bertz CT molecular complexity index is 871. The van der Waals surface area contributed by atoms with Gasteiger partial charge in [0.2, 0.25) is 0 Å². The van der Waals surface area contributed by atoms with Gasteiger partial charge in [-0.25, -0.2) is 9.78 Å². The molecule has 8 heteroatoms. The fourth-order valence-electron chi connectivity index (χ4n) is 7.07. The lowest BCUT2D eigenvalue weighted by Crippen LogP contribution is -2.61. The highest BCUT2D eigenvalue weighted by molar-refractivity contribution is 6.30. The quantitative estimate of drug-likeness (QED) is 0.697. The average molecular weight is 417 g/mol. The van der Waals surface area contributed by atoms with Gasteiger partial charge in [0.05, 0.1) is 28.3 Å². The highest BCUT2D eigenvalue weighted by atomic mass is 35.5. The van der Waals surface area contributed by atoms with Gasteiger partial charge >= 0.3 is 6.09 Å². The number of likely N-dealkylation sites (tertiary alicyclic amines) is 1. The lowest BCUT2D eigenvalue weighted by atomic mass is 9.48. The van der Waals surface area contributed by atoms with Gasteiger partial charge in [-0.15, -0.1) is 0 Å². The topological polar surface area (TPSA) is 109 Å². The third kappa shape index (κ3) is 3.13. The highest BCUT2D eigenvalue weighted by Gasteiger charge is 2.59. The Morgan fingerprint density at radius 2 is 2.07 bits per heavy atom. The van der Waals surface area contributed by atoms with Crippen LogP contribution in [0.1, 0.15) is 44.1 Å². The third-order valence-corrected chi connectivity index (χ3v) is 7.91. The second kappa shape index (κ2) is 6.75. The Labute approximate surface area is 174 Å². The first kappa shape index (κ1) is 19.0. The van der Waals surface area contributed by atoms with E-state index in [4.69, 9.17) is 11.6 Å². The lowest BCUT2D eigenvalue weighted by Gasteiger charge is -2.60. The van der Waals surface area contributed by atoms with Gasteiger partial charge in [0, 0.05) is 12.7 Å². The van der Waals surface area contributed by atoms with Crippen LogP contribution in [0.5, 0.6) is 0 Å². The van der Waals surface area contributed by atoms with Crippen molar-refractivity contribution in [2.45, 2.75) is 56.2 Å². The SMILES string of the molecule is N#Cc1cc(Cl)cnc1NC1CCN(C(=O)O)C1C1[C@@H]2CC3C[C@H]1CC(O)(C3)C2. The van der Waals surface area contributed by atoms with E-state index < -0.39 is 11.7 Å². The molecule has 0 radical (unpaired) electrons. The molecule has 4 aliphatic carbocycles. The number of carboxylic acid groups (broad SMARTS) is 1. The number of aliphatic hydroxyl groups is 1. The summed E-state index contributed by atoms with van der Waals surface area (Å²) in [6.07, 6.45) is 5.93. The zero-order valence-corrected chi connectivity index (χ0v) is 16.8. The van der Waals surface area contributed by atoms with Crippen molar-refractivity contribution in [3.05, 3.63) is 22.8 Å². The normalized spacial score (nSPS) is 40.1. The van der Waals surface area contributed by atoms with E-state index in [0.29, 0.717) is 47.1 Å². The minimum atomic E-state index is -0.892. The Balaban J connectivity index is 1.46. The first-order valence-corrected chi connectivity index (χ1v) is 10.8. The fraction of sp³-hybridized carbons (Fsp3) is 0.667. The van der Waals surface area contributed by atoms with E-state index in [1.54, 1.807) is 11.0 Å². The van der Waals surface area contributed by atoms with Crippen molar-refractivity contribution in [1.82, 2.24) is 9.88 Å². The summed E-state index contributed by atoms with van der Waals surface area (Å²) in [4.78, 5) is 17.9. The number of halogens is 1. The van der Waals surface area contributed by atoms with Gasteiger partial charge in [0.15, 0.2) is 0 Å². The summed E-state index contributed by atoms with van der Waals surface area (Å²) in [7, 11) is 0. The summed E-state index contributed by atoms with van der Waals surface area (Å²) in [5.41, 5.74) is -0.182. The van der Waals surface area contributed by atoms with Crippen LogP contribution < -0.4 is 5.32 Å². The molecule has 1 aromatic rings. The van der Waals surface area contributed by atoms with Gasteiger partial charge in [0.1, 0.15) is 11.9 Å². The molecular formula is C21H25ClN4O3. The van der Waals surface area contributed by atoms with E-state index in [1.165, 1.54) is 6.20 Å². The van der Waals surface area contributed by atoms with E-state index in [9.17, 15) is 20.3 Å². The van der Waals surface area contributed by atoms with Crippen molar-refractivity contribution in [3.8, 4) is 6.07 Å². The Morgan fingerprint density at radius 3 is 2.69 bits per heavy atom. The molecule has 4 bridgehead atoms. The largest absolute Gasteiger partial charge is 0.465 e. The molecule has 5 fully saturated rings. The molecule has 1 saturated heterocycles. The number of nitrogens with one attached hydrogen (secondary N) is 1. The molecule has 1 aromatic heterocycles. The number of aromatic nitrogens is 1. The first-order valence-electron chi connectivity index (χ1n) is 10.4. The lowest BCUT2D eigenvalue weighted by molar-refractivity contribution is -0.162. The first-order chi connectivity index (χ1) is 13.9. The van der Waals surface area contributed by atoms with E-state index >= 15 is 0 Å². The van der Waals surface area contributed by atoms with Crippen LogP contribution in [0.4, 0.5) is 10.6 Å². The van der Waals surface area contributed by atoms with E-state index in [0.717, 1.165) is 32.1 Å². The van der Waals surface area contributed by atoms with Gasteiger partial charge in [-0.2, -0.15) is 5.26 Å². The van der Waals surface area contributed by atoms with Crippen LogP contribution in [0, 0.1) is 35.0 Å². The number of nitrogens with zero attached hydrogens (tertiary/aromatic N) is 3. The molecule has 7 atom stereocenters. The minimum Gasteiger partial charge on any atom is -0.465 e. The molecule has 5 aliphatic rings. The zero-order valence-electron chi connectivity index (χ0n) is 16.1. The summed E-state index contributed by atoms with van der Waals surface area (Å²) < 4.78 is 0. The van der Waals surface area contributed by atoms with Gasteiger partial charge in [-0.3, -0.25) is 0 Å². The molecule has 3 N–H and O–H groups in total. The van der Waals surface area contributed by atoms with Crippen LogP contribution >= 0.6 is 11.6 Å². The maximum atomic E-state index is 12.0. The molecule has 0 aromatic carbocycles. The predicted octanol–water partition coefficient (Wildman–Crippen LogP) is 3.33. The number of carbonyl (C=O) groups is 1. The molecule has 7 nitrogen and oxygen atoms in total. The van der Waals surface area contributed by atoms with E-state index in [1.807, 2.05) is 0 Å². The van der Waals surface area contributed by atoms with Crippen LogP contribution in [0.2, 0.25) is 5.02 Å². The van der Waals surface area contributed by atoms with Crippen LogP contribution in [-0.2, 0) is 0 Å². The Kier molecular flexibility index (Phi) is 4.41. The van der Waals surface area contributed by atoms with E-state index in [2.05, 4.69) is 16.4 Å². The van der Waals surface area contributed by atoms with E-state index in [-0.39, 0.29) is 18.0 Å². The molecule has 1 aliphatic heterocycles. The molecule has 154 valence electrons. The fourth-order valence-corrected chi connectivity index (χ4v) is 7.22. The summed E-state index contributed by atoms with van der Waals surface area (Å²) >= 11 is 5.97. The zero-order chi connectivity index (χ0) is 20.3. The van der Waals surface area contributed by atoms with Gasteiger partial charge in [0.25, 0.3) is 0 Å². The van der Waals surface area contributed by atoms with Crippen molar-refractivity contribution >= 4 is 23.5 Å². The molecule has 6 rings (SSSR count). The van der Waals surface area contributed by atoms with Gasteiger partial charge in [-0.05, 0) is 68.3 Å². The molecule has 4 saturated carbocycles. The molecule has 5 unspecified atom stereocenters. The number of nitriles is 1. The van der Waals surface area contributed by atoms with Crippen molar-refractivity contribution < 1.29 is 15.0 Å². The van der Waals surface area contributed by atoms with Gasteiger partial charge < -0.3 is 20.4 Å². The smallest absolute Gasteiger partial charge is 0.407 e. The molecule has 29 heavy (non-hydrogen) atoms. The maximum absolute atomic E-state index is 12.0. The average Bonchev–Trinajstić information content (AvgIpc) is 3.05. The maximum Gasteiger partial charge on any atom is 0.407 e. The van der Waals surface area contributed by atoms with Crippen LogP contribution in [-0.4, -0.2) is 50.4 Å². The number of anilines is 1. The molecular weight excluding hydrogens is 392 g/mol. The second-order valence-electron chi connectivity index (χ2n) is 9.44. The highest BCUT2D eigenvalue weighted by Crippen LogP contribution is 2.60. The molecule has 1 amide bonds. The molecule has 2 heterocycles. The van der Waals surface area contributed by atoms with Gasteiger partial charge in [-0.1, -0.05) is 11.6 Å². The monoisotopic (exact) mass is 416 g/mol. The van der Waals surface area contributed by atoms with Crippen molar-refractivity contribution in [3.63, 3.8) is 0 Å². The Hall–Kier alpha value is -2.04. The minimum absolute atomic E-state index is 0.107. The van der Waals surface area contributed by atoms with Crippen LogP contribution in [0.3, 0.4) is 0 Å². The second-order valence-corrected chi connectivity index (χ2v) is 9.88. The van der Waals surface area contributed by atoms with Crippen molar-refractivity contribution in [2.24, 2.45) is 23.7 Å². The summed E-state index contributed by atoms with van der Waals surface area (Å²) in [5.74, 6) is 1.98. The number of hydrogen-bond donors (Lipinski definition) is 3. The summed E-state index contributed by atoms with van der Waals surface area (Å²) in [6, 6.07) is 3.42. The standard InChI is InChI=1S/C21H25ClN4O3/c22-15-5-14(9-23)19(24-10-15)25-16-1-2-26(20(27)28)18(16)17-12-3-11-4-13(17)8-21(29,6-11)7-12/h5,10-13,16-18,29H,1-4,6-8H2,(H,24,25)(H,27,28)/t11?,12-,13+,16?,17?,18?,21?. The third-order valence-electron chi connectivity index (χ3n) is 7.70. The summed E-state index contributed by atoms with van der Waals surface area (Å²) in [6.45, 7) is 0.469. The van der Waals surface area contributed by atoms with Crippen molar-refractivity contribution in [2.75, 3.05) is 11.9 Å². The van der Waals surface area contributed by atoms with Crippen LogP contribution in [0.25, 0.3) is 0 Å².